The molecule has 0 aliphatic carbocycles. The number of hydrogen-bond acceptors (Lipinski definition) is 8. The quantitative estimate of drug-likeness (QED) is 0.281. The van der Waals surface area contributed by atoms with E-state index in [2.05, 4.69) is 10.3 Å². The predicted octanol–water partition coefficient (Wildman–Crippen LogP) is 3.49. The summed E-state index contributed by atoms with van der Waals surface area (Å²) in [7, 11) is 0. The highest BCUT2D eigenvalue weighted by atomic mass is 16.5. The number of aromatic nitrogens is 3. The third kappa shape index (κ3) is 4.84. The van der Waals surface area contributed by atoms with Crippen molar-refractivity contribution in [1.29, 1.82) is 0 Å². The lowest BCUT2D eigenvalue weighted by atomic mass is 9.74. The zero-order chi connectivity index (χ0) is 34.6. The molecule has 1 unspecified atom stereocenters. The van der Waals surface area contributed by atoms with E-state index in [4.69, 9.17) is 9.47 Å². The van der Waals surface area contributed by atoms with E-state index in [-0.39, 0.29) is 31.6 Å². The Hall–Kier alpha value is -5.33. The maximum absolute atomic E-state index is 15.1. The monoisotopic (exact) mass is 674 g/mol. The van der Waals surface area contributed by atoms with Gasteiger partial charge in [-0.05, 0) is 55.8 Å². The Kier molecular flexibility index (Phi) is 7.80. The van der Waals surface area contributed by atoms with Crippen LogP contribution in [0.5, 0.6) is 5.75 Å². The fourth-order valence-electron chi connectivity index (χ4n) is 8.30. The zero-order valence-corrected chi connectivity index (χ0v) is 27.8. The first-order chi connectivity index (χ1) is 24.3. The van der Waals surface area contributed by atoms with E-state index >= 15 is 9.59 Å². The SMILES string of the molecule is CCOc1ccc(N2CC=C[C@]3(C)O[C@]45C=CCN(Cn6nnc7ccccc76)C(=O)C4N([C@H](CO)c4ccccc4)C(=O)[C@@H]5[C@@H]3C2=O)cc1. The molecule has 256 valence electrons. The Morgan fingerprint density at radius 1 is 0.900 bits per heavy atom. The molecule has 2 fully saturated rings. The lowest BCUT2D eigenvalue weighted by molar-refractivity contribution is -0.155. The highest BCUT2D eigenvalue weighted by molar-refractivity contribution is 6.04. The summed E-state index contributed by atoms with van der Waals surface area (Å²) >= 11 is 0. The summed E-state index contributed by atoms with van der Waals surface area (Å²) in [5.41, 5.74) is 0.0677. The van der Waals surface area contributed by atoms with Crippen LogP contribution >= 0.6 is 0 Å². The van der Waals surface area contributed by atoms with Crippen molar-refractivity contribution in [3.63, 3.8) is 0 Å². The van der Waals surface area contributed by atoms with Gasteiger partial charge in [-0.15, -0.1) is 5.10 Å². The van der Waals surface area contributed by atoms with Gasteiger partial charge < -0.3 is 29.3 Å². The number of carbonyl (C=O) groups excluding carboxylic acids is 3. The van der Waals surface area contributed by atoms with Crippen molar-refractivity contribution in [2.45, 2.75) is 43.8 Å². The van der Waals surface area contributed by atoms with Crippen LogP contribution in [0.2, 0.25) is 0 Å². The van der Waals surface area contributed by atoms with Crippen molar-refractivity contribution >= 4 is 34.4 Å². The number of hydrogen-bond donors (Lipinski definition) is 1. The number of amides is 3. The van der Waals surface area contributed by atoms with Crippen LogP contribution in [0.3, 0.4) is 0 Å². The molecular formula is C38H38N6O6. The van der Waals surface area contributed by atoms with Gasteiger partial charge in [0.05, 0.1) is 42.2 Å². The molecule has 12 nitrogen and oxygen atoms in total. The minimum atomic E-state index is -1.50. The Morgan fingerprint density at radius 2 is 1.64 bits per heavy atom. The second kappa shape index (κ2) is 12.2. The molecule has 6 atom stereocenters. The summed E-state index contributed by atoms with van der Waals surface area (Å²) < 4.78 is 14.3. The number of likely N-dealkylation sites (tertiary alicyclic amines) is 1. The summed E-state index contributed by atoms with van der Waals surface area (Å²) in [6.45, 7) is 4.37. The molecule has 4 aliphatic heterocycles. The zero-order valence-electron chi connectivity index (χ0n) is 27.8. The molecule has 0 bridgehead atoms. The van der Waals surface area contributed by atoms with Gasteiger partial charge in [-0.1, -0.05) is 72.0 Å². The maximum Gasteiger partial charge on any atom is 0.250 e. The van der Waals surface area contributed by atoms with Crippen molar-refractivity contribution < 1.29 is 29.0 Å². The molecule has 3 aromatic carbocycles. The fraction of sp³-hybridized carbons (Fsp3) is 0.342. The van der Waals surface area contributed by atoms with E-state index in [1.54, 1.807) is 20.6 Å². The van der Waals surface area contributed by atoms with Gasteiger partial charge in [0.2, 0.25) is 11.8 Å². The molecule has 0 saturated carbocycles. The Morgan fingerprint density at radius 3 is 2.40 bits per heavy atom. The number of aliphatic hydroxyl groups excluding tert-OH is 1. The van der Waals surface area contributed by atoms with Gasteiger partial charge >= 0.3 is 0 Å². The molecule has 8 rings (SSSR count). The molecule has 1 spiro atoms. The summed E-state index contributed by atoms with van der Waals surface area (Å²) in [4.78, 5) is 49.6. The molecule has 50 heavy (non-hydrogen) atoms. The summed E-state index contributed by atoms with van der Waals surface area (Å²) in [6.07, 6.45) is 7.38. The van der Waals surface area contributed by atoms with Gasteiger partial charge in [0.25, 0.3) is 5.91 Å². The number of aliphatic hydroxyl groups is 1. The lowest BCUT2D eigenvalue weighted by Crippen LogP contribution is -2.57. The normalized spacial score (nSPS) is 28.0. The fourth-order valence-corrected chi connectivity index (χ4v) is 8.30. The smallest absolute Gasteiger partial charge is 0.250 e. The van der Waals surface area contributed by atoms with Crippen LogP contribution in [-0.4, -0.2) is 91.2 Å². The summed E-state index contributed by atoms with van der Waals surface area (Å²) in [5, 5.41) is 19.5. The topological polar surface area (TPSA) is 130 Å². The van der Waals surface area contributed by atoms with Crippen LogP contribution in [-0.2, 0) is 25.8 Å². The van der Waals surface area contributed by atoms with E-state index in [0.29, 0.717) is 29.1 Å². The molecule has 12 heteroatoms. The number of rotatable bonds is 8. The van der Waals surface area contributed by atoms with Gasteiger partial charge in [-0.3, -0.25) is 14.4 Å². The molecule has 1 aromatic heterocycles. The molecule has 2 saturated heterocycles. The minimum Gasteiger partial charge on any atom is -0.494 e. The van der Waals surface area contributed by atoms with Crippen LogP contribution < -0.4 is 9.64 Å². The minimum absolute atomic E-state index is 0.0726. The predicted molar refractivity (Wildman–Crippen MR) is 184 cm³/mol. The Balaban J connectivity index is 1.23. The van der Waals surface area contributed by atoms with Crippen molar-refractivity contribution in [2.75, 3.05) is 31.2 Å². The lowest BCUT2D eigenvalue weighted by Gasteiger charge is -2.40. The molecule has 3 amide bonds. The molecule has 5 heterocycles. The van der Waals surface area contributed by atoms with E-state index < -0.39 is 47.6 Å². The Bertz CT molecular complexity index is 2010. The first-order valence-corrected chi connectivity index (χ1v) is 16.9. The van der Waals surface area contributed by atoms with Crippen LogP contribution in [0.4, 0.5) is 5.69 Å². The molecule has 4 aliphatic rings. The van der Waals surface area contributed by atoms with Crippen LogP contribution in [0.25, 0.3) is 11.0 Å². The van der Waals surface area contributed by atoms with Gasteiger partial charge in [0, 0.05) is 18.8 Å². The van der Waals surface area contributed by atoms with Gasteiger partial charge in [0.1, 0.15) is 29.6 Å². The first-order valence-electron chi connectivity index (χ1n) is 16.9. The van der Waals surface area contributed by atoms with Crippen LogP contribution in [0.1, 0.15) is 25.5 Å². The highest BCUT2D eigenvalue weighted by Crippen LogP contribution is 2.59. The van der Waals surface area contributed by atoms with E-state index in [1.807, 2.05) is 111 Å². The van der Waals surface area contributed by atoms with Crippen molar-refractivity contribution in [1.82, 2.24) is 24.8 Å². The Labute approximate surface area is 289 Å². The maximum atomic E-state index is 15.1. The second-order valence-electron chi connectivity index (χ2n) is 13.3. The van der Waals surface area contributed by atoms with Crippen molar-refractivity contribution in [2.24, 2.45) is 11.8 Å². The summed E-state index contributed by atoms with van der Waals surface area (Å²) in [6, 6.07) is 21.9. The number of carbonyl (C=O) groups is 3. The van der Waals surface area contributed by atoms with E-state index in [0.717, 1.165) is 5.52 Å². The third-order valence-electron chi connectivity index (χ3n) is 10.5. The molecule has 1 N–H and O–H groups in total. The number of para-hydroxylation sites is 1. The number of ether oxygens (including phenoxy) is 2. The number of nitrogens with zero attached hydrogens (tertiary/aromatic N) is 6. The number of fused-ring (bicyclic) bond motifs is 3. The van der Waals surface area contributed by atoms with E-state index in [9.17, 15) is 9.90 Å². The third-order valence-corrected chi connectivity index (χ3v) is 10.5. The highest BCUT2D eigenvalue weighted by Gasteiger charge is 2.75. The van der Waals surface area contributed by atoms with Crippen molar-refractivity contribution in [3.05, 3.63) is 109 Å². The van der Waals surface area contributed by atoms with E-state index in [1.165, 1.54) is 4.90 Å². The van der Waals surface area contributed by atoms with Gasteiger partial charge in [-0.25, -0.2) is 4.68 Å². The standard InChI is InChI=1S/C38H38N6O6/c1-3-49-27-17-15-26(16-18-27)42-22-9-19-37(2)31(34(42)46)32-35(47)44(30(23-45)25-11-5-4-6-12-25)33-36(48)41(21-10-20-38(32,33)50-37)24-43-29-14-8-7-13-28(29)39-40-43/h4-20,30-33,45H,3,21-24H2,1-2H3/t30-,31-,32+,33?,37+,38+/m1/s1. The van der Waals surface area contributed by atoms with Gasteiger partial charge in [0.15, 0.2) is 0 Å². The number of anilines is 1. The molecule has 4 aromatic rings. The molecular weight excluding hydrogens is 636 g/mol. The molecule has 0 radical (unpaired) electrons. The second-order valence-corrected chi connectivity index (χ2v) is 13.3. The number of benzene rings is 3. The van der Waals surface area contributed by atoms with Gasteiger partial charge in [-0.2, -0.15) is 0 Å². The van der Waals surface area contributed by atoms with Crippen LogP contribution in [0.15, 0.2) is 103 Å². The van der Waals surface area contributed by atoms with Crippen molar-refractivity contribution in [3.8, 4) is 5.75 Å². The van der Waals surface area contributed by atoms with Crippen LogP contribution in [0, 0.1) is 11.8 Å². The largest absolute Gasteiger partial charge is 0.494 e. The first kappa shape index (κ1) is 31.9. The average Bonchev–Trinajstić information content (AvgIpc) is 3.66. The summed E-state index contributed by atoms with van der Waals surface area (Å²) in [5.74, 6) is -2.41. The average molecular weight is 675 g/mol.